The third-order valence-corrected chi connectivity index (χ3v) is 4.15. The van der Waals surface area contributed by atoms with Gasteiger partial charge < -0.3 is 0 Å². The Morgan fingerprint density at radius 2 is 1.75 bits per heavy atom. The van der Waals surface area contributed by atoms with Crippen molar-refractivity contribution in [3.05, 3.63) is 82.4 Å². The van der Waals surface area contributed by atoms with Crippen molar-refractivity contribution in [1.29, 1.82) is 0 Å². The molecular weight excluding hydrogens is 304 g/mol. The van der Waals surface area contributed by atoms with Crippen molar-refractivity contribution in [3.8, 4) is 0 Å². The van der Waals surface area contributed by atoms with E-state index in [4.69, 9.17) is 0 Å². The highest BCUT2D eigenvalue weighted by Crippen LogP contribution is 2.25. The average molecular weight is 318 g/mol. The fraction of sp³-hybridized carbons (Fsp3) is 0.111. The molecule has 0 N–H and O–H groups in total. The average Bonchev–Trinajstić information content (AvgIpc) is 3.03. The first-order valence-electron chi connectivity index (χ1n) is 7.63. The van der Waals surface area contributed by atoms with Crippen LogP contribution in [0.1, 0.15) is 11.6 Å². The van der Waals surface area contributed by atoms with Crippen LogP contribution in [0.4, 0.5) is 0 Å². The molecular formula is C18H14N4O2. The first-order chi connectivity index (χ1) is 11.7. The van der Waals surface area contributed by atoms with Gasteiger partial charge in [-0.25, -0.2) is 4.68 Å². The number of nitro groups is 1. The van der Waals surface area contributed by atoms with Crippen molar-refractivity contribution in [1.82, 2.24) is 15.0 Å². The summed E-state index contributed by atoms with van der Waals surface area (Å²) in [6.07, 6.45) is 0. The predicted molar refractivity (Wildman–Crippen MR) is 91.5 cm³/mol. The molecule has 0 bridgehead atoms. The van der Waals surface area contributed by atoms with E-state index in [0.717, 1.165) is 27.4 Å². The van der Waals surface area contributed by atoms with Crippen LogP contribution in [0.25, 0.3) is 21.8 Å². The van der Waals surface area contributed by atoms with Gasteiger partial charge in [-0.3, -0.25) is 10.1 Å². The van der Waals surface area contributed by atoms with E-state index in [1.54, 1.807) is 4.68 Å². The second-order valence-corrected chi connectivity index (χ2v) is 5.66. The third kappa shape index (κ3) is 2.48. The summed E-state index contributed by atoms with van der Waals surface area (Å²) in [7, 11) is 0. The van der Waals surface area contributed by atoms with Crippen LogP contribution in [0, 0.1) is 10.1 Å². The number of rotatable bonds is 4. The molecule has 3 aromatic carbocycles. The summed E-state index contributed by atoms with van der Waals surface area (Å²) in [5.41, 5.74) is 2.37. The van der Waals surface area contributed by atoms with E-state index in [1.165, 1.54) is 0 Å². The third-order valence-electron chi connectivity index (χ3n) is 4.15. The molecule has 4 aromatic rings. The van der Waals surface area contributed by atoms with Gasteiger partial charge in [-0.15, -0.1) is 5.10 Å². The molecule has 0 spiro atoms. The van der Waals surface area contributed by atoms with Gasteiger partial charge in [-0.05, 0) is 34.5 Å². The maximum absolute atomic E-state index is 11.2. The van der Waals surface area contributed by atoms with E-state index in [1.807, 2.05) is 66.7 Å². The van der Waals surface area contributed by atoms with Crippen LogP contribution >= 0.6 is 0 Å². The van der Waals surface area contributed by atoms with Crippen molar-refractivity contribution in [2.75, 3.05) is 6.54 Å². The molecule has 0 amide bonds. The minimum absolute atomic E-state index is 0.244. The Morgan fingerprint density at radius 3 is 2.58 bits per heavy atom. The largest absolute Gasteiger partial charge is 0.264 e. The molecule has 0 fully saturated rings. The van der Waals surface area contributed by atoms with E-state index < -0.39 is 6.04 Å². The summed E-state index contributed by atoms with van der Waals surface area (Å²) in [5, 5.41) is 21.7. The van der Waals surface area contributed by atoms with E-state index in [0.29, 0.717) is 0 Å². The minimum atomic E-state index is -0.503. The molecule has 1 heterocycles. The second kappa shape index (κ2) is 5.73. The Morgan fingerprint density at radius 1 is 1.00 bits per heavy atom. The first kappa shape index (κ1) is 14.3. The first-order valence-corrected chi connectivity index (χ1v) is 7.63. The van der Waals surface area contributed by atoms with E-state index >= 15 is 0 Å². The van der Waals surface area contributed by atoms with Crippen LogP contribution in [0.15, 0.2) is 66.7 Å². The topological polar surface area (TPSA) is 73.8 Å². The van der Waals surface area contributed by atoms with Gasteiger partial charge in [-0.2, -0.15) is 0 Å². The van der Waals surface area contributed by atoms with Gasteiger partial charge in [0, 0.05) is 4.92 Å². The van der Waals surface area contributed by atoms with Crippen molar-refractivity contribution in [2.24, 2.45) is 0 Å². The number of hydrogen-bond donors (Lipinski definition) is 0. The van der Waals surface area contributed by atoms with Gasteiger partial charge in [0.05, 0.1) is 5.52 Å². The Bertz CT molecular complexity index is 1040. The molecule has 0 unspecified atom stereocenters. The number of fused-ring (bicyclic) bond motifs is 2. The summed E-state index contributed by atoms with van der Waals surface area (Å²) in [6, 6.07) is 20.8. The lowest BCUT2D eigenvalue weighted by molar-refractivity contribution is -0.484. The SMILES string of the molecule is O=[N+]([O-])C[C@@H](c1ccc2ccccc2c1)n1nnc2ccccc21. The molecule has 1 aromatic heterocycles. The van der Waals surface area contributed by atoms with Crippen molar-refractivity contribution < 1.29 is 4.92 Å². The van der Waals surface area contributed by atoms with Gasteiger partial charge in [-0.1, -0.05) is 53.7 Å². The Hall–Kier alpha value is -3.28. The van der Waals surface area contributed by atoms with E-state index in [9.17, 15) is 10.1 Å². The highest BCUT2D eigenvalue weighted by atomic mass is 16.6. The maximum atomic E-state index is 11.2. The molecule has 0 aliphatic heterocycles. The van der Waals surface area contributed by atoms with Crippen LogP contribution < -0.4 is 0 Å². The molecule has 1 atom stereocenters. The van der Waals surface area contributed by atoms with E-state index in [2.05, 4.69) is 10.3 Å². The quantitative estimate of drug-likeness (QED) is 0.427. The molecule has 0 aliphatic carbocycles. The Labute approximate surface area is 137 Å². The number of aromatic nitrogens is 3. The molecule has 6 nitrogen and oxygen atoms in total. The molecule has 6 heteroatoms. The molecule has 0 saturated heterocycles. The highest BCUT2D eigenvalue weighted by molar-refractivity contribution is 5.83. The van der Waals surface area contributed by atoms with Crippen LogP contribution in [0.5, 0.6) is 0 Å². The predicted octanol–water partition coefficient (Wildman–Crippen LogP) is 3.45. The normalized spacial score (nSPS) is 12.5. The summed E-state index contributed by atoms with van der Waals surface area (Å²) < 4.78 is 1.64. The molecule has 0 radical (unpaired) electrons. The molecule has 24 heavy (non-hydrogen) atoms. The van der Waals surface area contributed by atoms with Gasteiger partial charge in [0.25, 0.3) is 0 Å². The second-order valence-electron chi connectivity index (χ2n) is 5.66. The lowest BCUT2D eigenvalue weighted by atomic mass is 10.0. The van der Waals surface area contributed by atoms with Crippen molar-refractivity contribution in [2.45, 2.75) is 6.04 Å². The number of para-hydroxylation sites is 1. The lowest BCUT2D eigenvalue weighted by Crippen LogP contribution is -2.21. The zero-order chi connectivity index (χ0) is 16.5. The molecule has 4 rings (SSSR count). The smallest absolute Gasteiger partial charge is 0.230 e. The highest BCUT2D eigenvalue weighted by Gasteiger charge is 2.23. The van der Waals surface area contributed by atoms with Crippen molar-refractivity contribution >= 4 is 21.8 Å². The lowest BCUT2D eigenvalue weighted by Gasteiger charge is -2.15. The zero-order valence-electron chi connectivity index (χ0n) is 12.7. The Balaban J connectivity index is 1.88. The van der Waals surface area contributed by atoms with Crippen molar-refractivity contribution in [3.63, 3.8) is 0 Å². The monoisotopic (exact) mass is 318 g/mol. The van der Waals surface area contributed by atoms with Gasteiger partial charge in [0.1, 0.15) is 11.6 Å². The molecule has 0 aliphatic rings. The number of benzene rings is 3. The fourth-order valence-corrected chi connectivity index (χ4v) is 3.00. The number of hydrogen-bond acceptors (Lipinski definition) is 4. The Kier molecular flexibility index (Phi) is 3.42. The maximum Gasteiger partial charge on any atom is 0.230 e. The van der Waals surface area contributed by atoms with Gasteiger partial charge in [0.15, 0.2) is 0 Å². The number of nitrogens with zero attached hydrogens (tertiary/aromatic N) is 4. The summed E-state index contributed by atoms with van der Waals surface area (Å²) in [6.45, 7) is -0.244. The summed E-state index contributed by atoms with van der Waals surface area (Å²) in [5.74, 6) is 0. The van der Waals surface area contributed by atoms with Crippen LogP contribution in [-0.2, 0) is 0 Å². The van der Waals surface area contributed by atoms with Gasteiger partial charge in [0.2, 0.25) is 6.54 Å². The summed E-state index contributed by atoms with van der Waals surface area (Å²) >= 11 is 0. The van der Waals surface area contributed by atoms with Crippen LogP contribution in [-0.4, -0.2) is 26.5 Å². The minimum Gasteiger partial charge on any atom is -0.264 e. The molecule has 118 valence electrons. The standard InChI is InChI=1S/C18H14N4O2/c23-21(24)12-18(22-17-8-4-3-7-16(17)19-20-22)15-10-9-13-5-1-2-6-14(13)11-15/h1-11,18H,12H2/t18-/m0/s1. The molecule has 0 saturated carbocycles. The fourth-order valence-electron chi connectivity index (χ4n) is 3.00. The van der Waals surface area contributed by atoms with Crippen LogP contribution in [0.2, 0.25) is 0 Å². The van der Waals surface area contributed by atoms with Gasteiger partial charge >= 0.3 is 0 Å². The zero-order valence-corrected chi connectivity index (χ0v) is 12.7. The summed E-state index contributed by atoms with van der Waals surface area (Å²) in [4.78, 5) is 10.9. The van der Waals surface area contributed by atoms with Crippen LogP contribution in [0.3, 0.4) is 0 Å². The van der Waals surface area contributed by atoms with E-state index in [-0.39, 0.29) is 11.5 Å².